The van der Waals surface area contributed by atoms with Crippen LogP contribution in [0.1, 0.15) is 25.5 Å². The van der Waals surface area contributed by atoms with Crippen molar-refractivity contribution < 1.29 is 13.9 Å². The number of carbonyl (C=O) groups is 1. The lowest BCUT2D eigenvalue weighted by molar-refractivity contribution is -0.137. The van der Waals surface area contributed by atoms with Gasteiger partial charge in [0.15, 0.2) is 0 Å². The summed E-state index contributed by atoms with van der Waals surface area (Å²) in [5.41, 5.74) is 0.836. The molecule has 0 unspecified atom stereocenters. The number of esters is 1. The van der Waals surface area contributed by atoms with Crippen molar-refractivity contribution in [1.82, 2.24) is 0 Å². The number of furan rings is 1. The summed E-state index contributed by atoms with van der Waals surface area (Å²) in [6.45, 7) is 5.81. The molecule has 0 aliphatic carbocycles. The Balaban J connectivity index is 2.78. The molecular weight excluding hydrogens is 204 g/mol. The summed E-state index contributed by atoms with van der Waals surface area (Å²) in [7, 11) is 0. The maximum absolute atomic E-state index is 11.3. The van der Waals surface area contributed by atoms with Crippen molar-refractivity contribution >= 4 is 11.5 Å². The van der Waals surface area contributed by atoms with Gasteiger partial charge in [-0.05, 0) is 31.9 Å². The van der Waals surface area contributed by atoms with Crippen LogP contribution >= 0.6 is 0 Å². The predicted molar refractivity (Wildman–Crippen MR) is 62.7 cm³/mol. The number of hydrogen-bond donors (Lipinski definition) is 0. The summed E-state index contributed by atoms with van der Waals surface area (Å²) in [5.74, 6) is 0.368. The van der Waals surface area contributed by atoms with E-state index in [4.69, 9.17) is 9.15 Å². The lowest BCUT2D eigenvalue weighted by Gasteiger charge is -2.02. The molecule has 0 radical (unpaired) electrons. The molecule has 1 rings (SSSR count). The Morgan fingerprint density at radius 3 is 3.00 bits per heavy atom. The molecule has 0 aliphatic heterocycles. The smallest absolute Gasteiger partial charge is 0.331 e. The van der Waals surface area contributed by atoms with E-state index in [-0.39, 0.29) is 5.97 Å². The van der Waals surface area contributed by atoms with Crippen LogP contribution in [0.15, 0.2) is 41.5 Å². The van der Waals surface area contributed by atoms with Crippen LogP contribution in [0.4, 0.5) is 0 Å². The summed E-state index contributed by atoms with van der Waals surface area (Å²) in [6.07, 6.45) is 6.39. The van der Waals surface area contributed by atoms with Crippen molar-refractivity contribution in [3.05, 3.63) is 42.9 Å². The van der Waals surface area contributed by atoms with E-state index in [1.165, 1.54) is 6.08 Å². The van der Waals surface area contributed by atoms with Crippen molar-refractivity contribution in [3.8, 4) is 0 Å². The second-order valence-corrected chi connectivity index (χ2v) is 3.23. The molecule has 1 aromatic heterocycles. The van der Waals surface area contributed by atoms with Gasteiger partial charge in [-0.3, -0.25) is 0 Å². The highest BCUT2D eigenvalue weighted by Crippen LogP contribution is 2.20. The van der Waals surface area contributed by atoms with Gasteiger partial charge in [0, 0.05) is 11.6 Å². The average molecular weight is 220 g/mol. The lowest BCUT2D eigenvalue weighted by Crippen LogP contribution is -2.00. The molecule has 0 bridgehead atoms. The van der Waals surface area contributed by atoms with E-state index in [9.17, 15) is 4.79 Å². The summed E-state index contributed by atoms with van der Waals surface area (Å²) >= 11 is 0. The fraction of sp³-hybridized carbons (Fsp3) is 0.308. The van der Waals surface area contributed by atoms with Crippen molar-refractivity contribution in [3.63, 3.8) is 0 Å². The van der Waals surface area contributed by atoms with E-state index in [0.29, 0.717) is 12.4 Å². The average Bonchev–Trinajstić information content (AvgIpc) is 2.77. The maximum atomic E-state index is 11.3. The molecule has 0 aliphatic rings. The van der Waals surface area contributed by atoms with E-state index in [2.05, 4.69) is 6.58 Å². The first-order valence-electron chi connectivity index (χ1n) is 5.30. The number of rotatable bonds is 6. The SMILES string of the molecule is C=CCCC(=CC(=O)OCC)c1ccco1. The monoisotopic (exact) mass is 220 g/mol. The minimum Gasteiger partial charge on any atom is -0.465 e. The molecule has 0 saturated heterocycles. The predicted octanol–water partition coefficient (Wildman–Crippen LogP) is 3.19. The van der Waals surface area contributed by atoms with Gasteiger partial charge in [0.1, 0.15) is 5.76 Å². The Labute approximate surface area is 95.4 Å². The summed E-state index contributed by atoms with van der Waals surface area (Å²) in [5, 5.41) is 0. The Kier molecular flexibility index (Phi) is 5.12. The van der Waals surface area contributed by atoms with Crippen LogP contribution in [0.3, 0.4) is 0 Å². The van der Waals surface area contributed by atoms with E-state index < -0.39 is 0 Å². The van der Waals surface area contributed by atoms with Gasteiger partial charge in [-0.1, -0.05) is 6.08 Å². The number of ether oxygens (including phenoxy) is 1. The molecule has 0 amide bonds. The van der Waals surface area contributed by atoms with E-state index in [1.54, 1.807) is 19.3 Å². The third-order valence-corrected chi connectivity index (χ3v) is 2.03. The van der Waals surface area contributed by atoms with Gasteiger partial charge in [0.2, 0.25) is 0 Å². The third-order valence-electron chi connectivity index (χ3n) is 2.03. The first kappa shape index (κ1) is 12.3. The van der Waals surface area contributed by atoms with Crippen LogP contribution in [0.25, 0.3) is 5.57 Å². The highest BCUT2D eigenvalue weighted by Gasteiger charge is 2.07. The van der Waals surface area contributed by atoms with Crippen LogP contribution in [-0.2, 0) is 9.53 Å². The zero-order valence-corrected chi connectivity index (χ0v) is 9.44. The van der Waals surface area contributed by atoms with Gasteiger partial charge in [-0.15, -0.1) is 6.58 Å². The number of allylic oxidation sites excluding steroid dienone is 2. The molecule has 0 aromatic carbocycles. The molecule has 1 heterocycles. The quantitative estimate of drug-likeness (QED) is 0.420. The Morgan fingerprint density at radius 2 is 2.44 bits per heavy atom. The van der Waals surface area contributed by atoms with Gasteiger partial charge in [0.05, 0.1) is 12.9 Å². The first-order valence-corrected chi connectivity index (χ1v) is 5.30. The molecule has 0 saturated carbocycles. The molecule has 1 aromatic rings. The van der Waals surface area contributed by atoms with E-state index >= 15 is 0 Å². The Bertz CT molecular complexity index is 361. The van der Waals surface area contributed by atoms with Crippen LogP contribution in [0, 0.1) is 0 Å². The minimum atomic E-state index is -0.335. The second-order valence-electron chi connectivity index (χ2n) is 3.23. The van der Waals surface area contributed by atoms with Crippen LogP contribution < -0.4 is 0 Å². The van der Waals surface area contributed by atoms with Gasteiger partial charge in [-0.2, -0.15) is 0 Å². The summed E-state index contributed by atoms with van der Waals surface area (Å²) in [6, 6.07) is 3.62. The molecule has 0 fully saturated rings. The highest BCUT2D eigenvalue weighted by molar-refractivity contribution is 5.90. The molecule has 0 N–H and O–H groups in total. The Hall–Kier alpha value is -1.77. The van der Waals surface area contributed by atoms with E-state index in [1.807, 2.05) is 12.1 Å². The summed E-state index contributed by atoms with van der Waals surface area (Å²) < 4.78 is 10.1. The first-order chi connectivity index (χ1) is 7.77. The van der Waals surface area contributed by atoms with Crippen molar-refractivity contribution in [2.24, 2.45) is 0 Å². The fourth-order valence-corrected chi connectivity index (χ4v) is 1.31. The van der Waals surface area contributed by atoms with E-state index in [0.717, 1.165) is 18.4 Å². The molecule has 86 valence electrons. The van der Waals surface area contributed by atoms with Crippen molar-refractivity contribution in [2.75, 3.05) is 6.61 Å². The Morgan fingerprint density at radius 1 is 1.62 bits per heavy atom. The molecule has 0 spiro atoms. The largest absolute Gasteiger partial charge is 0.465 e. The highest BCUT2D eigenvalue weighted by atomic mass is 16.5. The molecule has 3 nitrogen and oxygen atoms in total. The molecular formula is C13H16O3. The zero-order chi connectivity index (χ0) is 11.8. The van der Waals surface area contributed by atoms with Gasteiger partial charge in [0.25, 0.3) is 0 Å². The van der Waals surface area contributed by atoms with Crippen LogP contribution in [0.2, 0.25) is 0 Å². The van der Waals surface area contributed by atoms with Gasteiger partial charge < -0.3 is 9.15 Å². The molecule has 16 heavy (non-hydrogen) atoms. The summed E-state index contributed by atoms with van der Waals surface area (Å²) in [4.78, 5) is 11.3. The molecule has 0 atom stereocenters. The normalized spacial score (nSPS) is 11.2. The maximum Gasteiger partial charge on any atom is 0.331 e. The second kappa shape index (κ2) is 6.67. The fourth-order valence-electron chi connectivity index (χ4n) is 1.31. The number of hydrogen-bond acceptors (Lipinski definition) is 3. The minimum absolute atomic E-state index is 0.335. The van der Waals surface area contributed by atoms with Crippen molar-refractivity contribution in [2.45, 2.75) is 19.8 Å². The topological polar surface area (TPSA) is 39.4 Å². The zero-order valence-electron chi connectivity index (χ0n) is 9.44. The standard InChI is InChI=1S/C13H16O3/c1-3-5-7-11(10-13(14)15-4-2)12-8-6-9-16-12/h3,6,8-10H,1,4-5,7H2,2H3. The number of carbonyl (C=O) groups excluding carboxylic acids is 1. The van der Waals surface area contributed by atoms with Crippen LogP contribution in [0.5, 0.6) is 0 Å². The molecule has 3 heteroatoms. The van der Waals surface area contributed by atoms with Crippen LogP contribution in [-0.4, -0.2) is 12.6 Å². The lowest BCUT2D eigenvalue weighted by atomic mass is 10.1. The van der Waals surface area contributed by atoms with Gasteiger partial charge in [-0.25, -0.2) is 4.79 Å². The van der Waals surface area contributed by atoms with Gasteiger partial charge >= 0.3 is 5.97 Å². The third kappa shape index (κ3) is 3.77. The van der Waals surface area contributed by atoms with Crippen molar-refractivity contribution in [1.29, 1.82) is 0 Å².